The van der Waals surface area contributed by atoms with Gasteiger partial charge in [-0.2, -0.15) is 18.3 Å². The van der Waals surface area contributed by atoms with Gasteiger partial charge < -0.3 is 4.98 Å². The first-order chi connectivity index (χ1) is 10.8. The van der Waals surface area contributed by atoms with Crippen LogP contribution in [0.15, 0.2) is 47.8 Å². The summed E-state index contributed by atoms with van der Waals surface area (Å²) in [7, 11) is 0. The van der Waals surface area contributed by atoms with E-state index in [1.54, 1.807) is 18.2 Å². The van der Waals surface area contributed by atoms with Crippen LogP contribution in [0, 0.1) is 6.92 Å². The van der Waals surface area contributed by atoms with Gasteiger partial charge in [-0.25, -0.2) is 9.67 Å². The Bertz CT molecular complexity index is 911. The first kappa shape index (κ1) is 15.0. The van der Waals surface area contributed by atoms with E-state index in [4.69, 9.17) is 0 Å². The van der Waals surface area contributed by atoms with Crippen molar-refractivity contribution in [2.24, 2.45) is 0 Å². The van der Waals surface area contributed by atoms with E-state index in [1.807, 2.05) is 6.92 Å². The van der Waals surface area contributed by atoms with Crippen molar-refractivity contribution in [1.82, 2.24) is 19.7 Å². The maximum absolute atomic E-state index is 12.7. The van der Waals surface area contributed by atoms with Gasteiger partial charge in [-0.1, -0.05) is 11.6 Å². The Morgan fingerprint density at radius 2 is 2.00 bits per heavy atom. The molecule has 0 saturated carbocycles. The zero-order valence-electron chi connectivity index (χ0n) is 11.9. The fraction of sp³-hybridized carbons (Fsp3) is 0.133. The van der Waals surface area contributed by atoms with Gasteiger partial charge in [-0.15, -0.1) is 0 Å². The molecule has 0 fully saturated rings. The number of H-pyrrole nitrogens is 1. The molecule has 0 aliphatic rings. The molecule has 0 aliphatic heterocycles. The van der Waals surface area contributed by atoms with Crippen LogP contribution in [0.4, 0.5) is 13.2 Å². The number of hydrogen-bond donors (Lipinski definition) is 1. The minimum Gasteiger partial charge on any atom is -0.313 e. The maximum Gasteiger partial charge on any atom is 0.419 e. The Hall–Kier alpha value is -2.90. The molecule has 0 spiro atoms. The van der Waals surface area contributed by atoms with Gasteiger partial charge in [0.25, 0.3) is 5.56 Å². The van der Waals surface area contributed by atoms with Crippen molar-refractivity contribution in [3.05, 3.63) is 64.5 Å². The lowest BCUT2D eigenvalue weighted by atomic mass is 10.1. The summed E-state index contributed by atoms with van der Waals surface area (Å²) in [5.41, 5.74) is 0.976. The first-order valence-electron chi connectivity index (χ1n) is 6.62. The summed E-state index contributed by atoms with van der Waals surface area (Å²) < 4.78 is 39.4. The van der Waals surface area contributed by atoms with E-state index >= 15 is 0 Å². The molecule has 0 radical (unpaired) electrons. The zero-order valence-corrected chi connectivity index (χ0v) is 11.9. The Morgan fingerprint density at radius 3 is 2.65 bits per heavy atom. The van der Waals surface area contributed by atoms with E-state index < -0.39 is 11.7 Å². The third-order valence-corrected chi connectivity index (χ3v) is 3.26. The van der Waals surface area contributed by atoms with Crippen LogP contribution in [-0.2, 0) is 6.18 Å². The van der Waals surface area contributed by atoms with Crippen molar-refractivity contribution in [2.75, 3.05) is 0 Å². The molecule has 0 amide bonds. The highest BCUT2D eigenvalue weighted by atomic mass is 19.4. The lowest BCUT2D eigenvalue weighted by Gasteiger charge is -2.10. The number of aromatic amines is 1. The fourth-order valence-corrected chi connectivity index (χ4v) is 2.17. The van der Waals surface area contributed by atoms with E-state index in [9.17, 15) is 18.0 Å². The lowest BCUT2D eigenvalue weighted by molar-refractivity contribution is -0.137. The van der Waals surface area contributed by atoms with E-state index in [2.05, 4.69) is 15.1 Å². The summed E-state index contributed by atoms with van der Waals surface area (Å²) >= 11 is 0. The second-order valence-corrected chi connectivity index (χ2v) is 4.99. The third kappa shape index (κ3) is 3.01. The van der Waals surface area contributed by atoms with Gasteiger partial charge in [-0.05, 0) is 19.1 Å². The van der Waals surface area contributed by atoms with Crippen molar-refractivity contribution < 1.29 is 13.2 Å². The highest BCUT2D eigenvalue weighted by Gasteiger charge is 2.32. The summed E-state index contributed by atoms with van der Waals surface area (Å²) in [5.74, 6) is 0. The first-order valence-corrected chi connectivity index (χ1v) is 6.62. The van der Waals surface area contributed by atoms with Crippen LogP contribution in [0.1, 0.15) is 11.1 Å². The van der Waals surface area contributed by atoms with Gasteiger partial charge in [0, 0.05) is 17.8 Å². The Labute approximate surface area is 128 Å². The molecule has 0 saturated heterocycles. The molecule has 8 heteroatoms. The molecule has 118 valence electrons. The van der Waals surface area contributed by atoms with Gasteiger partial charge in [0.15, 0.2) is 0 Å². The van der Waals surface area contributed by atoms with E-state index in [0.29, 0.717) is 16.9 Å². The molecular formula is C15H11F3N4O. The predicted molar refractivity (Wildman–Crippen MR) is 77.2 cm³/mol. The average Bonchev–Trinajstić information content (AvgIpc) is 2.97. The number of aryl methyl sites for hydroxylation is 1. The molecule has 0 aliphatic carbocycles. The average molecular weight is 320 g/mol. The molecule has 23 heavy (non-hydrogen) atoms. The molecule has 3 rings (SSSR count). The third-order valence-electron chi connectivity index (χ3n) is 3.26. The summed E-state index contributed by atoms with van der Waals surface area (Å²) in [4.78, 5) is 17.9. The maximum atomic E-state index is 12.7. The van der Waals surface area contributed by atoms with Gasteiger partial charge in [0.1, 0.15) is 0 Å². The lowest BCUT2D eigenvalue weighted by Crippen LogP contribution is -2.06. The highest BCUT2D eigenvalue weighted by molar-refractivity contribution is 5.70. The van der Waals surface area contributed by atoms with E-state index in [-0.39, 0.29) is 5.56 Å². The summed E-state index contributed by atoms with van der Waals surface area (Å²) in [6.45, 7) is 1.84. The molecule has 1 aromatic carbocycles. The van der Waals surface area contributed by atoms with Crippen molar-refractivity contribution in [2.45, 2.75) is 13.1 Å². The number of hydrogen-bond acceptors (Lipinski definition) is 3. The minimum absolute atomic E-state index is 0.348. The largest absolute Gasteiger partial charge is 0.419 e. The molecule has 0 atom stereocenters. The summed E-state index contributed by atoms with van der Waals surface area (Å²) in [6, 6.07) is 6.42. The second kappa shape index (κ2) is 5.38. The number of halogens is 3. The number of benzene rings is 1. The molecule has 0 bridgehead atoms. The molecule has 0 unspecified atom stereocenters. The number of rotatable bonds is 2. The van der Waals surface area contributed by atoms with Crippen molar-refractivity contribution in [1.29, 1.82) is 0 Å². The number of nitrogens with zero attached hydrogens (tertiary/aromatic N) is 3. The minimum atomic E-state index is -4.47. The van der Waals surface area contributed by atoms with Crippen LogP contribution >= 0.6 is 0 Å². The molecule has 1 N–H and O–H groups in total. The quantitative estimate of drug-likeness (QED) is 0.789. The van der Waals surface area contributed by atoms with Crippen LogP contribution in [-0.4, -0.2) is 19.7 Å². The molecule has 3 aromatic rings. The van der Waals surface area contributed by atoms with Crippen molar-refractivity contribution >= 4 is 0 Å². The van der Waals surface area contributed by atoms with Crippen LogP contribution in [0.25, 0.3) is 16.9 Å². The summed E-state index contributed by atoms with van der Waals surface area (Å²) in [5, 5.41) is 3.77. The fourth-order valence-electron chi connectivity index (χ4n) is 2.17. The number of nitrogens with one attached hydrogen (secondary N) is 1. The predicted octanol–water partition coefficient (Wildman–Crippen LogP) is 2.95. The monoisotopic (exact) mass is 320 g/mol. The number of aromatic nitrogens is 4. The van der Waals surface area contributed by atoms with Crippen LogP contribution in [0.3, 0.4) is 0 Å². The molecular weight excluding hydrogens is 309 g/mol. The van der Waals surface area contributed by atoms with Gasteiger partial charge >= 0.3 is 6.18 Å². The van der Waals surface area contributed by atoms with Gasteiger partial charge in [0.05, 0.1) is 29.5 Å². The van der Waals surface area contributed by atoms with Gasteiger partial charge in [0.2, 0.25) is 0 Å². The normalized spacial score (nSPS) is 11.7. The number of alkyl halides is 3. The smallest absolute Gasteiger partial charge is 0.313 e. The Kier molecular flexibility index (Phi) is 3.51. The van der Waals surface area contributed by atoms with E-state index in [0.717, 1.165) is 22.6 Å². The van der Waals surface area contributed by atoms with Crippen molar-refractivity contribution in [3.8, 4) is 16.9 Å². The van der Waals surface area contributed by atoms with Gasteiger partial charge in [-0.3, -0.25) is 4.79 Å². The standard InChI is InChI=1S/C15H11F3N4O/c1-9-2-3-13(22-7-10(6-21-22)15(16,17)18)11(4-9)12-5-14(23)20-8-19-12/h2-8H,1H3,(H,19,20,23). The Balaban J connectivity index is 2.17. The van der Waals surface area contributed by atoms with Crippen LogP contribution < -0.4 is 5.56 Å². The molecule has 2 heterocycles. The zero-order chi connectivity index (χ0) is 16.6. The Morgan fingerprint density at radius 1 is 1.22 bits per heavy atom. The van der Waals surface area contributed by atoms with Crippen molar-refractivity contribution in [3.63, 3.8) is 0 Å². The van der Waals surface area contributed by atoms with Crippen LogP contribution in [0.2, 0.25) is 0 Å². The summed E-state index contributed by atoms with van der Waals surface area (Å²) in [6.07, 6.45) is -1.56. The highest BCUT2D eigenvalue weighted by Crippen LogP contribution is 2.31. The van der Waals surface area contributed by atoms with E-state index in [1.165, 1.54) is 12.4 Å². The second-order valence-electron chi connectivity index (χ2n) is 4.99. The molecule has 2 aromatic heterocycles. The topological polar surface area (TPSA) is 63.6 Å². The van der Waals surface area contributed by atoms with Crippen LogP contribution in [0.5, 0.6) is 0 Å². The SMILES string of the molecule is Cc1ccc(-n2cc(C(F)(F)F)cn2)c(-c2cc(=O)[nH]cn2)c1. The molecule has 5 nitrogen and oxygen atoms in total.